The molecule has 2 aromatic rings. The fourth-order valence-electron chi connectivity index (χ4n) is 1.67. The molecule has 21 heavy (non-hydrogen) atoms. The number of benzene rings is 1. The molecule has 0 aliphatic carbocycles. The fraction of sp³-hybridized carbons (Fsp3) is 0.143. The van der Waals surface area contributed by atoms with Crippen LogP contribution in [0.3, 0.4) is 0 Å². The number of esters is 1. The Morgan fingerprint density at radius 3 is 2.43 bits per heavy atom. The molecule has 1 N–H and O–H groups in total. The van der Waals surface area contributed by atoms with Crippen molar-refractivity contribution >= 4 is 40.8 Å². The van der Waals surface area contributed by atoms with Crippen LogP contribution in [0, 0.1) is 6.92 Å². The minimum Gasteiger partial charge on any atom is -0.505 e. The Morgan fingerprint density at radius 2 is 1.95 bits per heavy atom. The number of nitrogens with zero attached hydrogens (tertiary/aromatic N) is 1. The zero-order chi connectivity index (χ0) is 15.6. The van der Waals surface area contributed by atoms with Gasteiger partial charge in [-0.3, -0.25) is 0 Å². The molecular formula is C14H11Cl2NO4. The lowest BCUT2D eigenvalue weighted by Gasteiger charge is -2.04. The van der Waals surface area contributed by atoms with Crippen molar-refractivity contribution in [3.63, 3.8) is 0 Å². The molecule has 2 rings (SSSR count). The third-order valence-corrected chi connectivity index (χ3v) is 3.23. The first-order valence-corrected chi connectivity index (χ1v) is 6.59. The van der Waals surface area contributed by atoms with Gasteiger partial charge in [-0.2, -0.15) is 0 Å². The third-order valence-electron chi connectivity index (χ3n) is 2.65. The molecule has 0 spiro atoms. The minimum atomic E-state index is -0.591. The standard InChI is InChI=1S/C14H11Cl2NO4/c1-7-3-12(21-17-7)9(14(19)20-2)4-8-5-10(15)13(18)11(16)6-8/h3-6,18H,1-2H3. The Labute approximate surface area is 130 Å². The van der Waals surface area contributed by atoms with Crippen LogP contribution in [-0.4, -0.2) is 23.3 Å². The Hall–Kier alpha value is -1.98. The zero-order valence-electron chi connectivity index (χ0n) is 11.2. The first kappa shape index (κ1) is 15.4. The predicted molar refractivity (Wildman–Crippen MR) is 79.3 cm³/mol. The number of ether oxygens (including phenoxy) is 1. The van der Waals surface area contributed by atoms with Crippen LogP contribution in [0.15, 0.2) is 22.7 Å². The van der Waals surface area contributed by atoms with Gasteiger partial charge in [0.15, 0.2) is 11.5 Å². The van der Waals surface area contributed by atoms with E-state index in [0.29, 0.717) is 11.3 Å². The first-order valence-electron chi connectivity index (χ1n) is 5.84. The quantitative estimate of drug-likeness (QED) is 0.687. The van der Waals surface area contributed by atoms with E-state index in [9.17, 15) is 9.90 Å². The highest BCUT2D eigenvalue weighted by Gasteiger charge is 2.18. The molecule has 1 aromatic carbocycles. The van der Waals surface area contributed by atoms with Crippen LogP contribution in [0.2, 0.25) is 10.0 Å². The predicted octanol–water partition coefficient (Wildman–Crippen LogP) is 3.71. The molecule has 1 heterocycles. The van der Waals surface area contributed by atoms with Gasteiger partial charge < -0.3 is 14.4 Å². The van der Waals surface area contributed by atoms with E-state index in [1.54, 1.807) is 13.0 Å². The first-order chi connectivity index (χ1) is 9.92. The molecule has 0 fully saturated rings. The van der Waals surface area contributed by atoms with Crippen molar-refractivity contribution in [3.05, 3.63) is 45.3 Å². The Bertz CT molecular complexity index is 699. The van der Waals surface area contributed by atoms with Gasteiger partial charge in [-0.15, -0.1) is 0 Å². The molecule has 0 atom stereocenters. The zero-order valence-corrected chi connectivity index (χ0v) is 12.7. The van der Waals surface area contributed by atoms with Gasteiger partial charge in [0, 0.05) is 6.07 Å². The van der Waals surface area contributed by atoms with Gasteiger partial charge in [-0.25, -0.2) is 4.79 Å². The van der Waals surface area contributed by atoms with E-state index in [-0.39, 0.29) is 27.1 Å². The van der Waals surface area contributed by atoms with Gasteiger partial charge in [0.05, 0.1) is 22.8 Å². The Morgan fingerprint density at radius 1 is 1.33 bits per heavy atom. The SMILES string of the molecule is COC(=O)C(=Cc1cc(Cl)c(O)c(Cl)c1)c1cc(C)no1. The van der Waals surface area contributed by atoms with E-state index in [4.69, 9.17) is 32.5 Å². The number of halogens is 2. The second-order valence-corrected chi connectivity index (χ2v) is 5.03. The largest absolute Gasteiger partial charge is 0.505 e. The monoisotopic (exact) mass is 327 g/mol. The third kappa shape index (κ3) is 3.37. The molecule has 0 unspecified atom stereocenters. The van der Waals surface area contributed by atoms with Crippen molar-refractivity contribution in [1.82, 2.24) is 5.16 Å². The molecule has 0 aliphatic heterocycles. The van der Waals surface area contributed by atoms with E-state index in [0.717, 1.165) is 0 Å². The van der Waals surface area contributed by atoms with Crippen molar-refractivity contribution in [2.75, 3.05) is 7.11 Å². The number of methoxy groups -OCH3 is 1. The van der Waals surface area contributed by atoms with Crippen LogP contribution in [0.4, 0.5) is 0 Å². The molecule has 0 bridgehead atoms. The maximum atomic E-state index is 11.9. The molecule has 0 saturated heterocycles. The van der Waals surface area contributed by atoms with Crippen molar-refractivity contribution in [2.24, 2.45) is 0 Å². The fourth-order valence-corrected chi connectivity index (χ4v) is 2.17. The summed E-state index contributed by atoms with van der Waals surface area (Å²) in [7, 11) is 1.26. The van der Waals surface area contributed by atoms with E-state index in [1.165, 1.54) is 25.3 Å². The van der Waals surface area contributed by atoms with Crippen LogP contribution >= 0.6 is 23.2 Å². The van der Waals surface area contributed by atoms with Gasteiger partial charge in [0.1, 0.15) is 5.57 Å². The number of phenols is 1. The van der Waals surface area contributed by atoms with Gasteiger partial charge in [-0.05, 0) is 30.7 Å². The number of hydrogen-bond donors (Lipinski definition) is 1. The maximum absolute atomic E-state index is 11.9. The number of phenolic OH excluding ortho intramolecular Hbond substituents is 1. The van der Waals surface area contributed by atoms with Crippen LogP contribution < -0.4 is 0 Å². The highest BCUT2D eigenvalue weighted by atomic mass is 35.5. The summed E-state index contributed by atoms with van der Waals surface area (Å²) >= 11 is 11.7. The molecule has 7 heteroatoms. The Kier molecular flexibility index (Phi) is 4.55. The summed E-state index contributed by atoms with van der Waals surface area (Å²) in [5.41, 5.74) is 1.30. The molecule has 0 radical (unpaired) electrons. The van der Waals surface area contributed by atoms with E-state index in [2.05, 4.69) is 5.16 Å². The molecule has 1 aromatic heterocycles. The molecule has 0 amide bonds. The molecule has 0 saturated carbocycles. The highest BCUT2D eigenvalue weighted by Crippen LogP contribution is 2.34. The van der Waals surface area contributed by atoms with Gasteiger partial charge in [-0.1, -0.05) is 28.4 Å². The van der Waals surface area contributed by atoms with Crippen molar-refractivity contribution in [1.29, 1.82) is 0 Å². The van der Waals surface area contributed by atoms with Gasteiger partial charge in [0.25, 0.3) is 0 Å². The summed E-state index contributed by atoms with van der Waals surface area (Å²) in [6.07, 6.45) is 1.49. The number of aromatic hydroxyl groups is 1. The number of carbonyl (C=O) groups excluding carboxylic acids is 1. The lowest BCUT2D eigenvalue weighted by molar-refractivity contribution is -0.133. The minimum absolute atomic E-state index is 0.0757. The van der Waals surface area contributed by atoms with E-state index in [1.807, 2.05) is 0 Å². The second kappa shape index (κ2) is 6.20. The molecule has 0 aliphatic rings. The Balaban J connectivity index is 2.53. The lowest BCUT2D eigenvalue weighted by Crippen LogP contribution is -2.03. The van der Waals surface area contributed by atoms with Crippen molar-refractivity contribution < 1.29 is 19.2 Å². The van der Waals surface area contributed by atoms with E-state index < -0.39 is 5.97 Å². The molecular weight excluding hydrogens is 317 g/mol. The van der Waals surface area contributed by atoms with Crippen molar-refractivity contribution in [3.8, 4) is 5.75 Å². The van der Waals surface area contributed by atoms with Crippen LogP contribution in [0.5, 0.6) is 5.75 Å². The topological polar surface area (TPSA) is 72.6 Å². The summed E-state index contributed by atoms with van der Waals surface area (Å²) < 4.78 is 9.79. The highest BCUT2D eigenvalue weighted by molar-refractivity contribution is 6.37. The van der Waals surface area contributed by atoms with E-state index >= 15 is 0 Å². The lowest BCUT2D eigenvalue weighted by atomic mass is 10.1. The average molecular weight is 328 g/mol. The summed E-state index contributed by atoms with van der Waals surface area (Å²) in [6, 6.07) is 4.54. The van der Waals surface area contributed by atoms with Crippen molar-refractivity contribution in [2.45, 2.75) is 6.92 Å². The maximum Gasteiger partial charge on any atom is 0.341 e. The average Bonchev–Trinajstić information content (AvgIpc) is 2.87. The number of hydrogen-bond acceptors (Lipinski definition) is 5. The smallest absolute Gasteiger partial charge is 0.341 e. The number of aromatic nitrogens is 1. The normalized spacial score (nSPS) is 11.5. The van der Waals surface area contributed by atoms with Gasteiger partial charge >= 0.3 is 5.97 Å². The summed E-state index contributed by atoms with van der Waals surface area (Å²) in [4.78, 5) is 11.9. The second-order valence-electron chi connectivity index (χ2n) is 4.22. The van der Waals surface area contributed by atoms with Crippen LogP contribution in [0.25, 0.3) is 11.6 Å². The molecule has 110 valence electrons. The molecule has 5 nitrogen and oxygen atoms in total. The number of carbonyl (C=O) groups is 1. The van der Waals surface area contributed by atoms with Gasteiger partial charge in [0.2, 0.25) is 0 Å². The number of rotatable bonds is 3. The summed E-state index contributed by atoms with van der Waals surface area (Å²) in [6.45, 7) is 1.73. The van der Waals surface area contributed by atoms with Crippen LogP contribution in [0.1, 0.15) is 17.0 Å². The number of aryl methyl sites for hydroxylation is 1. The van der Waals surface area contributed by atoms with Crippen LogP contribution in [-0.2, 0) is 9.53 Å². The summed E-state index contributed by atoms with van der Waals surface area (Å²) in [5.74, 6) is -0.545. The summed E-state index contributed by atoms with van der Waals surface area (Å²) in [5, 5.41) is 13.4.